The van der Waals surface area contributed by atoms with E-state index in [1.807, 2.05) is 90.4 Å². The number of aliphatic hydroxyl groups excluding tert-OH is 1. The van der Waals surface area contributed by atoms with Crippen LogP contribution < -0.4 is 5.43 Å². The maximum Gasteiger partial charge on any atom is 0.340 e. The van der Waals surface area contributed by atoms with E-state index in [-0.39, 0.29) is 80.2 Å². The topological polar surface area (TPSA) is 106 Å². The van der Waals surface area contributed by atoms with Crippen LogP contribution in [0.15, 0.2) is 21.3 Å². The Balaban J connectivity index is 2.16. The Morgan fingerprint density at radius 1 is 0.872 bits per heavy atom. The number of phenolic OH excluding ortho intramolecular Hbond substituents is 1. The summed E-state index contributed by atoms with van der Waals surface area (Å²) >= 11 is 34.0. The van der Waals surface area contributed by atoms with Crippen LogP contribution >= 0.6 is 137 Å². The Morgan fingerprint density at radius 3 is 2.21 bits per heavy atom. The molecule has 4 rings (SSSR count). The van der Waals surface area contributed by atoms with Gasteiger partial charge < -0.3 is 24.1 Å². The highest BCUT2D eigenvalue weighted by molar-refractivity contribution is 14.1. The third-order valence-corrected chi connectivity index (χ3v) is 10.8. The van der Waals surface area contributed by atoms with Crippen LogP contribution in [0, 0.1) is 14.3 Å². The SMILES string of the molecule is O=C(OCCOCCO)c1c(Cl)c(Cl)c(Cl)c(Cl)c1-c1c2cc(I)c(=O)c(I)c-2oc2c(I)c(O)c(I)cc12. The van der Waals surface area contributed by atoms with Gasteiger partial charge in [0.15, 0.2) is 11.3 Å². The number of ether oxygens (including phenoxy) is 2. The highest BCUT2D eigenvalue weighted by Gasteiger charge is 2.33. The zero-order valence-electron chi connectivity index (χ0n) is 18.9. The summed E-state index contributed by atoms with van der Waals surface area (Å²) in [6.45, 7) is -0.210. The molecule has 39 heavy (non-hydrogen) atoms. The molecule has 1 aliphatic heterocycles. The number of carbonyl (C=O) groups is 1. The number of carbonyl (C=O) groups excluding carboxylic acids is 1. The highest BCUT2D eigenvalue weighted by atomic mass is 127. The van der Waals surface area contributed by atoms with Crippen molar-refractivity contribution in [2.75, 3.05) is 26.4 Å². The van der Waals surface area contributed by atoms with Crippen LogP contribution in [0.2, 0.25) is 20.1 Å². The van der Waals surface area contributed by atoms with Crippen molar-refractivity contribution in [1.29, 1.82) is 0 Å². The lowest BCUT2D eigenvalue weighted by molar-refractivity contribution is 0.0259. The van der Waals surface area contributed by atoms with E-state index in [4.69, 9.17) is 65.4 Å². The molecule has 0 fully saturated rings. The molecule has 0 amide bonds. The lowest BCUT2D eigenvalue weighted by Gasteiger charge is -2.22. The average molecular weight is 1060 g/mol. The Morgan fingerprint density at radius 2 is 1.54 bits per heavy atom. The molecule has 1 aliphatic carbocycles. The number of benzene rings is 3. The molecule has 0 radical (unpaired) electrons. The number of phenols is 1. The van der Waals surface area contributed by atoms with E-state index < -0.39 is 5.97 Å². The van der Waals surface area contributed by atoms with Gasteiger partial charge in [0.1, 0.15) is 15.9 Å². The summed E-state index contributed by atoms with van der Waals surface area (Å²) in [7, 11) is 0. The van der Waals surface area contributed by atoms with Crippen LogP contribution in [0.4, 0.5) is 0 Å². The first-order valence-corrected chi connectivity index (χ1v) is 16.4. The minimum Gasteiger partial charge on any atom is -0.506 e. The Labute approximate surface area is 295 Å². The number of aliphatic hydroxyl groups is 1. The van der Waals surface area contributed by atoms with Crippen molar-refractivity contribution in [1.82, 2.24) is 0 Å². The van der Waals surface area contributed by atoms with Gasteiger partial charge >= 0.3 is 5.97 Å². The van der Waals surface area contributed by atoms with Crippen molar-refractivity contribution in [3.8, 4) is 28.2 Å². The van der Waals surface area contributed by atoms with Crippen LogP contribution in [-0.4, -0.2) is 42.6 Å². The van der Waals surface area contributed by atoms with Crippen LogP contribution in [0.3, 0.4) is 0 Å². The van der Waals surface area contributed by atoms with Gasteiger partial charge in [-0.2, -0.15) is 0 Å². The first-order chi connectivity index (χ1) is 18.4. The summed E-state index contributed by atoms with van der Waals surface area (Å²) in [5.41, 5.74) is 0.802. The van der Waals surface area contributed by atoms with Gasteiger partial charge in [-0.3, -0.25) is 4.79 Å². The fourth-order valence-electron chi connectivity index (χ4n) is 3.75. The molecule has 2 aromatic carbocycles. The zero-order valence-corrected chi connectivity index (χ0v) is 30.6. The minimum atomic E-state index is -0.849. The Bertz CT molecular complexity index is 1680. The van der Waals surface area contributed by atoms with Gasteiger partial charge in [-0.25, -0.2) is 4.79 Å². The predicted molar refractivity (Wildman–Crippen MR) is 185 cm³/mol. The number of hydrogen-bond donors (Lipinski definition) is 2. The van der Waals surface area contributed by atoms with E-state index >= 15 is 0 Å². The molecule has 0 unspecified atom stereocenters. The second-order valence-corrected chi connectivity index (χ2v) is 13.7. The van der Waals surface area contributed by atoms with Crippen molar-refractivity contribution in [2.45, 2.75) is 0 Å². The summed E-state index contributed by atoms with van der Waals surface area (Å²) in [4.78, 5) is 26.3. The van der Waals surface area contributed by atoms with Gasteiger partial charge in [0.2, 0.25) is 5.43 Å². The van der Waals surface area contributed by atoms with Gasteiger partial charge in [0, 0.05) is 22.1 Å². The molecule has 0 saturated carbocycles. The predicted octanol–water partition coefficient (Wildman–Crippen LogP) is 8.47. The molecule has 2 aromatic rings. The van der Waals surface area contributed by atoms with E-state index in [9.17, 15) is 14.7 Å². The normalized spacial score (nSPS) is 11.5. The molecule has 15 heteroatoms. The number of hydrogen-bond acceptors (Lipinski definition) is 7. The van der Waals surface area contributed by atoms with Gasteiger partial charge in [0.25, 0.3) is 0 Å². The van der Waals surface area contributed by atoms with Crippen molar-refractivity contribution in [3.05, 3.63) is 62.3 Å². The third kappa shape index (κ3) is 6.09. The molecular formula is C24H12Cl4I4O7. The summed E-state index contributed by atoms with van der Waals surface area (Å²) in [5, 5.41) is 19.5. The maximum absolute atomic E-state index is 13.5. The molecular weight excluding hydrogens is 1050 g/mol. The average Bonchev–Trinajstić information content (AvgIpc) is 2.91. The first-order valence-electron chi connectivity index (χ1n) is 10.6. The number of fused-ring (bicyclic) bond motifs is 2. The lowest BCUT2D eigenvalue weighted by atomic mass is 9.90. The number of aromatic hydroxyl groups is 1. The van der Waals surface area contributed by atoms with Crippen molar-refractivity contribution >= 4 is 154 Å². The van der Waals surface area contributed by atoms with Crippen molar-refractivity contribution in [3.63, 3.8) is 0 Å². The maximum atomic E-state index is 13.5. The van der Waals surface area contributed by atoms with Gasteiger partial charge in [-0.1, -0.05) is 46.4 Å². The van der Waals surface area contributed by atoms with Crippen LogP contribution in [0.5, 0.6) is 5.75 Å². The second-order valence-electron chi connectivity index (χ2n) is 7.73. The molecule has 0 atom stereocenters. The van der Waals surface area contributed by atoms with Crippen molar-refractivity contribution in [2.24, 2.45) is 0 Å². The van der Waals surface area contributed by atoms with E-state index in [1.165, 1.54) is 0 Å². The monoisotopic (exact) mass is 1060 g/mol. The summed E-state index contributed by atoms with van der Waals surface area (Å²) in [5.74, 6) is -0.642. The Kier molecular flexibility index (Phi) is 11.1. The zero-order chi connectivity index (χ0) is 28.8. The molecule has 206 valence electrons. The molecule has 2 aliphatic rings. The molecule has 1 heterocycles. The standard InChI is InChI=1S/C24H12Cl4I4O7/c25-14-12(13(15(26)17(28)16(14)27)24(36)38-4-3-37-2-1-33)11-7-5-9(29)20(34)18(31)22(7)39-23-8(11)6-10(30)21(35)19(23)32/h5-6,33-34H,1-4H2. The van der Waals surface area contributed by atoms with Gasteiger partial charge in [0.05, 0.1) is 56.2 Å². The van der Waals surface area contributed by atoms with Gasteiger partial charge in [-0.15, -0.1) is 0 Å². The smallest absolute Gasteiger partial charge is 0.340 e. The second kappa shape index (κ2) is 13.4. The van der Waals surface area contributed by atoms with Crippen LogP contribution in [0.1, 0.15) is 10.4 Å². The minimum absolute atomic E-state index is 0.0126. The highest BCUT2D eigenvalue weighted by Crippen LogP contribution is 2.52. The molecule has 7 nitrogen and oxygen atoms in total. The number of halogens is 8. The van der Waals surface area contributed by atoms with E-state index in [0.717, 1.165) is 0 Å². The fraction of sp³-hybridized carbons (Fsp3) is 0.167. The van der Waals surface area contributed by atoms with Crippen LogP contribution in [0.25, 0.3) is 33.4 Å². The molecule has 0 bridgehead atoms. The summed E-state index contributed by atoms with van der Waals surface area (Å²) in [6, 6.07) is 3.29. The Hall–Kier alpha value is 0.400. The number of rotatable bonds is 7. The molecule has 0 spiro atoms. The molecule has 0 aromatic heterocycles. The third-order valence-electron chi connectivity index (χ3n) is 5.44. The van der Waals surface area contributed by atoms with Crippen LogP contribution in [-0.2, 0) is 9.47 Å². The quantitative estimate of drug-likeness (QED) is 0.0478. The summed E-state index contributed by atoms with van der Waals surface area (Å²) < 4.78 is 18.4. The van der Waals surface area contributed by atoms with E-state index in [2.05, 4.69) is 0 Å². The van der Waals surface area contributed by atoms with E-state index in [1.54, 1.807) is 12.1 Å². The van der Waals surface area contributed by atoms with Crippen molar-refractivity contribution < 1.29 is 28.9 Å². The first kappa shape index (κ1) is 32.3. The molecule has 0 saturated heterocycles. The lowest BCUT2D eigenvalue weighted by Crippen LogP contribution is -2.15. The summed E-state index contributed by atoms with van der Waals surface area (Å²) in [6.07, 6.45) is 0. The fourth-order valence-corrected chi connectivity index (χ4v) is 8.35. The number of esters is 1. The largest absolute Gasteiger partial charge is 0.506 e. The molecule has 2 N–H and O–H groups in total. The van der Waals surface area contributed by atoms with Gasteiger partial charge in [-0.05, 0) is 102 Å². The van der Waals surface area contributed by atoms with E-state index in [0.29, 0.717) is 30.8 Å².